The Morgan fingerprint density at radius 2 is 2.11 bits per heavy atom. The second-order valence-corrected chi connectivity index (χ2v) is 4.44. The number of rotatable bonds is 3. The number of carboxylic acid groups (broad SMARTS) is 1. The van der Waals surface area contributed by atoms with Crippen molar-refractivity contribution in [3.8, 4) is 6.07 Å². The van der Waals surface area contributed by atoms with E-state index in [-0.39, 0.29) is 18.5 Å². The van der Waals surface area contributed by atoms with E-state index in [0.717, 1.165) is 0 Å². The molecule has 1 heterocycles. The maximum atomic E-state index is 12.0. The van der Waals surface area contributed by atoms with E-state index < -0.39 is 5.97 Å². The quantitative estimate of drug-likeness (QED) is 0.885. The summed E-state index contributed by atoms with van der Waals surface area (Å²) in [5, 5.41) is 17.6. The average molecular weight is 259 g/mol. The molecule has 1 aromatic rings. The minimum Gasteiger partial charge on any atom is -0.481 e. The maximum Gasteiger partial charge on any atom is 0.324 e. The topological polar surface area (TPSA) is 84.6 Å². The Hall–Kier alpha value is -2.55. The van der Waals surface area contributed by atoms with Gasteiger partial charge in [-0.25, -0.2) is 4.79 Å². The van der Waals surface area contributed by atoms with Crippen LogP contribution in [0.3, 0.4) is 0 Å². The van der Waals surface area contributed by atoms with Crippen molar-refractivity contribution < 1.29 is 14.7 Å². The predicted octanol–water partition coefficient (Wildman–Crippen LogP) is 1.27. The largest absolute Gasteiger partial charge is 0.481 e. The van der Waals surface area contributed by atoms with Gasteiger partial charge in [-0.05, 0) is 24.3 Å². The Bertz CT molecular complexity index is 547. The van der Waals surface area contributed by atoms with Crippen LogP contribution in [0.2, 0.25) is 0 Å². The number of hydrogen-bond acceptors (Lipinski definition) is 3. The second-order valence-electron chi connectivity index (χ2n) is 4.44. The summed E-state index contributed by atoms with van der Waals surface area (Å²) in [7, 11) is 1.64. The van der Waals surface area contributed by atoms with Gasteiger partial charge in [0.05, 0.1) is 24.1 Å². The highest BCUT2D eigenvalue weighted by Gasteiger charge is 2.37. The Kier molecular flexibility index (Phi) is 3.38. The van der Waals surface area contributed by atoms with Crippen molar-refractivity contribution >= 4 is 17.7 Å². The highest BCUT2D eigenvalue weighted by atomic mass is 16.4. The van der Waals surface area contributed by atoms with Crippen LogP contribution >= 0.6 is 0 Å². The lowest BCUT2D eigenvalue weighted by atomic mass is 10.1. The number of nitriles is 1. The molecule has 98 valence electrons. The number of carboxylic acids is 1. The van der Waals surface area contributed by atoms with Crippen LogP contribution in [0.5, 0.6) is 0 Å². The molecule has 0 aromatic heterocycles. The van der Waals surface area contributed by atoms with Crippen LogP contribution in [0.25, 0.3) is 0 Å². The summed E-state index contributed by atoms with van der Waals surface area (Å²) in [6, 6.07) is 7.92. The standard InChI is InChI=1S/C13H13N3O3/c1-15-8-11(6-12(17)18)16(13(15)19)10-4-2-9(7-14)3-5-10/h2-5,11H,6,8H2,1H3,(H,17,18). The van der Waals surface area contributed by atoms with E-state index in [1.54, 1.807) is 31.3 Å². The first-order valence-corrected chi connectivity index (χ1v) is 5.79. The van der Waals surface area contributed by atoms with E-state index >= 15 is 0 Å². The molecule has 1 N–H and O–H groups in total. The zero-order valence-electron chi connectivity index (χ0n) is 10.4. The SMILES string of the molecule is CN1CC(CC(=O)O)N(c2ccc(C#N)cc2)C1=O. The molecule has 0 saturated carbocycles. The molecule has 19 heavy (non-hydrogen) atoms. The zero-order chi connectivity index (χ0) is 14.0. The molecule has 1 unspecified atom stereocenters. The van der Waals surface area contributed by atoms with Crippen molar-refractivity contribution in [1.82, 2.24) is 4.90 Å². The number of urea groups is 1. The first kappa shape index (κ1) is 12.9. The van der Waals surface area contributed by atoms with Crippen molar-refractivity contribution in [2.45, 2.75) is 12.5 Å². The van der Waals surface area contributed by atoms with Crippen molar-refractivity contribution in [3.05, 3.63) is 29.8 Å². The minimum absolute atomic E-state index is 0.101. The molecule has 0 spiro atoms. The summed E-state index contributed by atoms with van der Waals surface area (Å²) in [6.45, 7) is 0.380. The van der Waals surface area contributed by atoms with E-state index in [9.17, 15) is 9.59 Å². The molecule has 1 aromatic carbocycles. The fourth-order valence-corrected chi connectivity index (χ4v) is 2.19. The van der Waals surface area contributed by atoms with Gasteiger partial charge in [-0.2, -0.15) is 5.26 Å². The lowest BCUT2D eigenvalue weighted by Crippen LogP contribution is -2.35. The molecule has 1 fully saturated rings. The van der Waals surface area contributed by atoms with Crippen LogP contribution in [0.1, 0.15) is 12.0 Å². The van der Waals surface area contributed by atoms with Crippen LogP contribution in [0.15, 0.2) is 24.3 Å². The van der Waals surface area contributed by atoms with Gasteiger partial charge in [-0.15, -0.1) is 0 Å². The van der Waals surface area contributed by atoms with Crippen LogP contribution in [0, 0.1) is 11.3 Å². The van der Waals surface area contributed by atoms with E-state index in [4.69, 9.17) is 10.4 Å². The van der Waals surface area contributed by atoms with E-state index in [1.165, 1.54) is 9.80 Å². The molecule has 1 saturated heterocycles. The Morgan fingerprint density at radius 3 is 2.63 bits per heavy atom. The van der Waals surface area contributed by atoms with Gasteiger partial charge in [0.15, 0.2) is 0 Å². The van der Waals surface area contributed by atoms with Gasteiger partial charge >= 0.3 is 12.0 Å². The number of carbonyl (C=O) groups is 2. The molecule has 1 aliphatic rings. The third-order valence-electron chi connectivity index (χ3n) is 3.07. The fourth-order valence-electron chi connectivity index (χ4n) is 2.19. The summed E-state index contributed by atoms with van der Waals surface area (Å²) in [6.07, 6.45) is -0.101. The third kappa shape index (κ3) is 2.50. The maximum absolute atomic E-state index is 12.0. The lowest BCUT2D eigenvalue weighted by molar-refractivity contribution is -0.137. The normalized spacial score (nSPS) is 18.5. The number of aliphatic carboxylic acids is 1. The Balaban J connectivity index is 2.30. The summed E-state index contributed by atoms with van der Waals surface area (Å²) < 4.78 is 0. The molecule has 0 radical (unpaired) electrons. The van der Waals surface area contributed by atoms with Gasteiger partial charge in [0.2, 0.25) is 0 Å². The first-order valence-electron chi connectivity index (χ1n) is 5.79. The molecule has 6 nitrogen and oxygen atoms in total. The second kappa shape index (κ2) is 4.98. The van der Waals surface area contributed by atoms with Gasteiger partial charge < -0.3 is 10.0 Å². The number of amides is 2. The summed E-state index contributed by atoms with van der Waals surface area (Å²) in [5.74, 6) is -0.938. The zero-order valence-corrected chi connectivity index (χ0v) is 10.4. The van der Waals surface area contributed by atoms with Crippen LogP contribution in [0.4, 0.5) is 10.5 Å². The van der Waals surface area contributed by atoms with E-state index in [1.807, 2.05) is 6.07 Å². The van der Waals surface area contributed by atoms with Gasteiger partial charge in [-0.1, -0.05) is 0 Å². The van der Waals surface area contributed by atoms with E-state index in [0.29, 0.717) is 17.8 Å². The third-order valence-corrected chi connectivity index (χ3v) is 3.07. The molecular weight excluding hydrogens is 246 g/mol. The van der Waals surface area contributed by atoms with Crippen molar-refractivity contribution in [2.24, 2.45) is 0 Å². The Labute approximate surface area is 110 Å². The molecule has 6 heteroatoms. The van der Waals surface area contributed by atoms with Gasteiger partial charge in [0.25, 0.3) is 0 Å². The fraction of sp³-hybridized carbons (Fsp3) is 0.308. The summed E-state index contributed by atoms with van der Waals surface area (Å²) >= 11 is 0. The summed E-state index contributed by atoms with van der Waals surface area (Å²) in [5.41, 5.74) is 1.11. The number of carbonyl (C=O) groups excluding carboxylic acids is 1. The number of benzene rings is 1. The highest BCUT2D eigenvalue weighted by Crippen LogP contribution is 2.26. The number of likely N-dealkylation sites (N-methyl/N-ethyl adjacent to an activating group) is 1. The molecular formula is C13H13N3O3. The molecule has 1 atom stereocenters. The van der Waals surface area contributed by atoms with Gasteiger partial charge in [0.1, 0.15) is 0 Å². The molecule has 0 bridgehead atoms. The highest BCUT2D eigenvalue weighted by molar-refractivity contribution is 5.95. The molecule has 0 aliphatic carbocycles. The minimum atomic E-state index is -0.938. The van der Waals surface area contributed by atoms with Gasteiger partial charge in [-0.3, -0.25) is 9.69 Å². The lowest BCUT2D eigenvalue weighted by Gasteiger charge is -2.22. The van der Waals surface area contributed by atoms with Crippen LogP contribution < -0.4 is 4.90 Å². The van der Waals surface area contributed by atoms with Crippen molar-refractivity contribution in [3.63, 3.8) is 0 Å². The molecule has 2 amide bonds. The molecule has 2 rings (SSSR count). The van der Waals surface area contributed by atoms with Gasteiger partial charge in [0, 0.05) is 19.3 Å². The molecule has 1 aliphatic heterocycles. The first-order chi connectivity index (χ1) is 9.02. The Morgan fingerprint density at radius 1 is 1.47 bits per heavy atom. The van der Waals surface area contributed by atoms with Crippen molar-refractivity contribution in [2.75, 3.05) is 18.5 Å². The van der Waals surface area contributed by atoms with Crippen LogP contribution in [-0.2, 0) is 4.79 Å². The number of hydrogen-bond donors (Lipinski definition) is 1. The van der Waals surface area contributed by atoms with E-state index in [2.05, 4.69) is 0 Å². The predicted molar refractivity (Wildman–Crippen MR) is 67.7 cm³/mol. The smallest absolute Gasteiger partial charge is 0.324 e. The summed E-state index contributed by atoms with van der Waals surface area (Å²) in [4.78, 5) is 25.9. The van der Waals surface area contributed by atoms with Crippen molar-refractivity contribution in [1.29, 1.82) is 5.26 Å². The van der Waals surface area contributed by atoms with Crippen LogP contribution in [-0.4, -0.2) is 41.6 Å². The monoisotopic (exact) mass is 259 g/mol. The average Bonchev–Trinajstić information content (AvgIpc) is 2.64. The number of nitrogens with zero attached hydrogens (tertiary/aromatic N) is 3. The number of anilines is 1.